The molecule has 29 heavy (non-hydrogen) atoms. The van der Waals surface area contributed by atoms with E-state index in [4.69, 9.17) is 10.5 Å². The highest BCUT2D eigenvalue weighted by Gasteiger charge is 2.14. The molecule has 3 rings (SSSR count). The summed E-state index contributed by atoms with van der Waals surface area (Å²) < 4.78 is 6.61. The summed E-state index contributed by atoms with van der Waals surface area (Å²) >= 11 is 0. The average Bonchev–Trinajstić information content (AvgIpc) is 3.12. The van der Waals surface area contributed by atoms with Crippen LogP contribution in [0.2, 0.25) is 0 Å². The lowest BCUT2D eigenvalue weighted by atomic mass is 10.1. The Kier molecular flexibility index (Phi) is 6.18. The van der Waals surface area contributed by atoms with Gasteiger partial charge in [-0.1, -0.05) is 0 Å². The van der Waals surface area contributed by atoms with Gasteiger partial charge in [-0.05, 0) is 57.0 Å². The van der Waals surface area contributed by atoms with E-state index in [2.05, 4.69) is 20.4 Å². The van der Waals surface area contributed by atoms with Crippen molar-refractivity contribution < 1.29 is 14.3 Å². The molecule has 3 aromatic rings. The molecule has 9 nitrogen and oxygen atoms in total. The largest absolute Gasteiger partial charge is 0.462 e. The maximum absolute atomic E-state index is 12.4. The van der Waals surface area contributed by atoms with Crippen LogP contribution in [0.4, 0.5) is 5.69 Å². The Morgan fingerprint density at radius 2 is 1.90 bits per heavy atom. The number of rotatable bonds is 7. The summed E-state index contributed by atoms with van der Waals surface area (Å²) in [4.78, 5) is 32.8. The second-order valence-electron chi connectivity index (χ2n) is 6.55. The molecule has 0 fully saturated rings. The zero-order valence-corrected chi connectivity index (χ0v) is 16.7. The number of hydrogen-bond donors (Lipinski definition) is 2. The van der Waals surface area contributed by atoms with Gasteiger partial charge in [0.2, 0.25) is 5.91 Å². The van der Waals surface area contributed by atoms with Gasteiger partial charge in [0.15, 0.2) is 5.82 Å². The fraction of sp³-hybridized carbons (Fsp3) is 0.350. The van der Waals surface area contributed by atoms with E-state index in [0.717, 1.165) is 17.0 Å². The Morgan fingerprint density at radius 1 is 1.17 bits per heavy atom. The minimum absolute atomic E-state index is 0.131. The van der Waals surface area contributed by atoms with Gasteiger partial charge in [0.25, 0.3) is 5.78 Å². The summed E-state index contributed by atoms with van der Waals surface area (Å²) in [5.74, 6) is 0.524. The molecule has 2 heterocycles. The van der Waals surface area contributed by atoms with Crippen molar-refractivity contribution >= 4 is 23.3 Å². The Morgan fingerprint density at radius 3 is 2.55 bits per heavy atom. The van der Waals surface area contributed by atoms with E-state index in [1.807, 2.05) is 13.8 Å². The Bertz CT molecular complexity index is 1040. The number of aryl methyl sites for hydroxylation is 2. The van der Waals surface area contributed by atoms with Crippen LogP contribution in [0.25, 0.3) is 5.78 Å². The third-order valence-corrected chi connectivity index (χ3v) is 4.56. The number of nitrogens with zero attached hydrogens (tertiary/aromatic N) is 4. The fourth-order valence-corrected chi connectivity index (χ4v) is 3.06. The van der Waals surface area contributed by atoms with E-state index >= 15 is 0 Å². The number of amides is 1. The topological polar surface area (TPSA) is 124 Å². The molecule has 0 saturated carbocycles. The average molecular weight is 396 g/mol. The molecule has 0 spiro atoms. The molecule has 0 aliphatic carbocycles. The van der Waals surface area contributed by atoms with Crippen molar-refractivity contribution in [2.75, 3.05) is 11.9 Å². The zero-order chi connectivity index (χ0) is 21.0. The lowest BCUT2D eigenvalue weighted by Crippen LogP contribution is -2.14. The molecule has 0 unspecified atom stereocenters. The Labute approximate surface area is 168 Å². The van der Waals surface area contributed by atoms with Gasteiger partial charge in [0.1, 0.15) is 0 Å². The summed E-state index contributed by atoms with van der Waals surface area (Å²) in [6.07, 6.45) is 0.804. The fourth-order valence-electron chi connectivity index (χ4n) is 3.06. The summed E-state index contributed by atoms with van der Waals surface area (Å²) in [6, 6.07) is 6.61. The number of carbonyl (C=O) groups is 2. The molecular formula is C20H24N6O3. The van der Waals surface area contributed by atoms with Crippen LogP contribution in [0.15, 0.2) is 24.3 Å². The molecule has 1 amide bonds. The smallest absolute Gasteiger partial charge is 0.338 e. The van der Waals surface area contributed by atoms with Gasteiger partial charge in [-0.3, -0.25) is 4.79 Å². The lowest BCUT2D eigenvalue weighted by Gasteiger charge is -2.11. The first-order valence-corrected chi connectivity index (χ1v) is 9.41. The van der Waals surface area contributed by atoms with Crippen LogP contribution in [-0.4, -0.2) is 38.1 Å². The van der Waals surface area contributed by atoms with Gasteiger partial charge in [-0.2, -0.15) is 4.98 Å². The number of anilines is 1. The number of esters is 1. The second-order valence-corrected chi connectivity index (χ2v) is 6.55. The molecule has 2 aromatic heterocycles. The highest BCUT2D eigenvalue weighted by molar-refractivity contribution is 5.93. The van der Waals surface area contributed by atoms with Gasteiger partial charge in [0.05, 0.1) is 18.7 Å². The van der Waals surface area contributed by atoms with Crippen LogP contribution >= 0.6 is 0 Å². The molecule has 0 aliphatic heterocycles. The van der Waals surface area contributed by atoms with Crippen molar-refractivity contribution in [2.45, 2.75) is 40.2 Å². The number of benzene rings is 1. The van der Waals surface area contributed by atoms with Gasteiger partial charge < -0.3 is 15.8 Å². The zero-order valence-electron chi connectivity index (χ0n) is 16.7. The molecule has 152 valence electrons. The van der Waals surface area contributed by atoms with Crippen LogP contribution in [0.5, 0.6) is 0 Å². The number of fused-ring (bicyclic) bond motifs is 1. The van der Waals surface area contributed by atoms with Gasteiger partial charge >= 0.3 is 5.97 Å². The van der Waals surface area contributed by atoms with Crippen LogP contribution in [-0.2, 0) is 22.5 Å². The van der Waals surface area contributed by atoms with Crippen molar-refractivity contribution in [1.82, 2.24) is 19.6 Å². The molecule has 0 atom stereocenters. The monoisotopic (exact) mass is 396 g/mol. The van der Waals surface area contributed by atoms with E-state index in [1.165, 1.54) is 0 Å². The maximum Gasteiger partial charge on any atom is 0.338 e. The van der Waals surface area contributed by atoms with Crippen LogP contribution < -0.4 is 11.1 Å². The molecule has 0 bridgehead atoms. The van der Waals surface area contributed by atoms with Gasteiger partial charge in [-0.15, -0.1) is 5.10 Å². The third kappa shape index (κ3) is 4.57. The summed E-state index contributed by atoms with van der Waals surface area (Å²) in [7, 11) is 0. The van der Waals surface area contributed by atoms with Gasteiger partial charge in [-0.25, -0.2) is 14.3 Å². The molecule has 0 radical (unpaired) electrons. The second kappa shape index (κ2) is 8.78. The number of nitrogens with two attached hydrogens (primary N) is 1. The Hall–Kier alpha value is -3.33. The lowest BCUT2D eigenvalue weighted by molar-refractivity contribution is -0.116. The summed E-state index contributed by atoms with van der Waals surface area (Å²) in [5, 5.41) is 7.18. The minimum Gasteiger partial charge on any atom is -0.462 e. The van der Waals surface area contributed by atoms with Crippen molar-refractivity contribution in [3.8, 4) is 0 Å². The SMILES string of the molecule is CCOC(=O)c1ccc(NC(=O)CCc2c(C)nc3nc(CN)nn3c2C)cc1. The summed E-state index contributed by atoms with van der Waals surface area (Å²) in [6.45, 7) is 6.14. The first-order chi connectivity index (χ1) is 13.9. The number of ether oxygens (including phenoxy) is 1. The maximum atomic E-state index is 12.4. The van der Waals surface area contributed by atoms with E-state index in [1.54, 1.807) is 35.7 Å². The molecule has 9 heteroatoms. The highest BCUT2D eigenvalue weighted by Crippen LogP contribution is 2.17. The van der Waals surface area contributed by atoms with E-state index in [-0.39, 0.29) is 24.8 Å². The van der Waals surface area contributed by atoms with E-state index in [9.17, 15) is 9.59 Å². The van der Waals surface area contributed by atoms with Crippen LogP contribution in [0, 0.1) is 13.8 Å². The first-order valence-electron chi connectivity index (χ1n) is 9.41. The van der Waals surface area contributed by atoms with Crippen molar-refractivity contribution in [3.63, 3.8) is 0 Å². The predicted octanol–water partition coefficient (Wildman–Crippen LogP) is 1.95. The number of hydrogen-bond acceptors (Lipinski definition) is 7. The molecule has 1 aromatic carbocycles. The van der Waals surface area contributed by atoms with Crippen molar-refractivity contribution in [1.29, 1.82) is 0 Å². The normalized spacial score (nSPS) is 10.9. The standard InChI is InChI=1S/C20H24N6O3/c1-4-29-19(28)14-5-7-15(8-6-14)23-18(27)10-9-16-12(2)22-20-24-17(11-21)25-26(20)13(16)3/h5-8H,4,9-11,21H2,1-3H3,(H,23,27). The van der Waals surface area contributed by atoms with Crippen molar-refractivity contribution in [3.05, 3.63) is 52.6 Å². The van der Waals surface area contributed by atoms with E-state index < -0.39 is 0 Å². The number of aromatic nitrogens is 4. The minimum atomic E-state index is -0.384. The number of carbonyl (C=O) groups excluding carboxylic acids is 2. The Balaban J connectivity index is 1.65. The van der Waals surface area contributed by atoms with Crippen molar-refractivity contribution in [2.24, 2.45) is 5.73 Å². The first kappa shape index (κ1) is 20.4. The van der Waals surface area contributed by atoms with Gasteiger partial charge in [0, 0.05) is 23.5 Å². The third-order valence-electron chi connectivity index (χ3n) is 4.56. The van der Waals surface area contributed by atoms with Crippen LogP contribution in [0.3, 0.4) is 0 Å². The van der Waals surface area contributed by atoms with Crippen LogP contribution in [0.1, 0.15) is 46.5 Å². The molecule has 3 N–H and O–H groups in total. The quantitative estimate of drug-likeness (QED) is 0.585. The number of nitrogens with one attached hydrogen (secondary N) is 1. The summed E-state index contributed by atoms with van der Waals surface area (Å²) in [5.41, 5.74) is 9.34. The van der Waals surface area contributed by atoms with E-state index in [0.29, 0.717) is 35.9 Å². The predicted molar refractivity (Wildman–Crippen MR) is 107 cm³/mol. The molecule has 0 aliphatic rings. The highest BCUT2D eigenvalue weighted by atomic mass is 16.5. The molecule has 0 saturated heterocycles. The molecular weight excluding hydrogens is 372 g/mol.